The average Bonchev–Trinajstić information content (AvgIpc) is 3.60. The van der Waals surface area contributed by atoms with Gasteiger partial charge in [-0.1, -0.05) is 18.2 Å². The van der Waals surface area contributed by atoms with E-state index in [-0.39, 0.29) is 5.91 Å². The number of carbonyl (C=O) groups excluding carboxylic acids is 1. The highest BCUT2D eigenvalue weighted by molar-refractivity contribution is 5.85. The Labute approximate surface area is 200 Å². The summed E-state index contributed by atoms with van der Waals surface area (Å²) in [6, 6.07) is 13.5. The zero-order valence-corrected chi connectivity index (χ0v) is 19.0. The fourth-order valence-electron chi connectivity index (χ4n) is 4.26. The molecule has 35 heavy (non-hydrogen) atoms. The standard InChI is InChI=1S/C24H24N10O/c35-20-9-5-11-33(20)12-13-34-15-27-21-22(26-14-19-28-16-6-1-2-7-17(16)29-19)31-24(32-23(21)34)30-18-8-3-4-10-25-18/h1-4,6-8,10,15H,5,9,11-14H2,(H,28,29)(H2,25,26,30,31,32). The van der Waals surface area contributed by atoms with Gasteiger partial charge in [0.15, 0.2) is 17.0 Å². The molecule has 0 atom stereocenters. The number of hydrogen-bond acceptors (Lipinski definition) is 8. The van der Waals surface area contributed by atoms with Crippen molar-refractivity contribution >= 4 is 45.7 Å². The molecule has 1 saturated heterocycles. The molecule has 1 aliphatic heterocycles. The number of rotatable bonds is 8. The molecular weight excluding hydrogens is 444 g/mol. The van der Waals surface area contributed by atoms with Gasteiger partial charge in [-0.05, 0) is 30.7 Å². The van der Waals surface area contributed by atoms with Gasteiger partial charge in [0.25, 0.3) is 0 Å². The Bertz CT molecular complexity index is 1460. The van der Waals surface area contributed by atoms with Crippen LogP contribution in [-0.4, -0.2) is 58.4 Å². The highest BCUT2D eigenvalue weighted by Crippen LogP contribution is 2.23. The van der Waals surface area contributed by atoms with Crippen LogP contribution in [0.1, 0.15) is 18.7 Å². The van der Waals surface area contributed by atoms with E-state index in [4.69, 9.17) is 4.98 Å². The molecule has 176 valence electrons. The van der Waals surface area contributed by atoms with E-state index in [1.165, 1.54) is 0 Å². The van der Waals surface area contributed by atoms with Crippen molar-refractivity contribution in [3.05, 3.63) is 60.8 Å². The fraction of sp³-hybridized carbons (Fsp3) is 0.250. The lowest BCUT2D eigenvalue weighted by Crippen LogP contribution is -2.28. The zero-order chi connectivity index (χ0) is 23.6. The summed E-state index contributed by atoms with van der Waals surface area (Å²) in [7, 11) is 0. The number of aromatic amines is 1. The molecule has 1 aromatic carbocycles. The molecule has 5 heterocycles. The summed E-state index contributed by atoms with van der Waals surface area (Å²) in [4.78, 5) is 40.2. The van der Waals surface area contributed by atoms with Crippen molar-refractivity contribution in [3.63, 3.8) is 0 Å². The number of H-pyrrole nitrogens is 1. The average molecular weight is 469 g/mol. The second-order valence-corrected chi connectivity index (χ2v) is 8.38. The Morgan fingerprint density at radius 3 is 2.74 bits per heavy atom. The largest absolute Gasteiger partial charge is 0.361 e. The molecule has 0 spiro atoms. The third-order valence-electron chi connectivity index (χ3n) is 6.01. The molecule has 0 aliphatic carbocycles. The number of fused-ring (bicyclic) bond motifs is 2. The van der Waals surface area contributed by atoms with E-state index in [1.54, 1.807) is 12.5 Å². The Hall–Kier alpha value is -4.54. The van der Waals surface area contributed by atoms with Crippen LogP contribution in [0.3, 0.4) is 0 Å². The number of pyridine rings is 1. The van der Waals surface area contributed by atoms with E-state index >= 15 is 0 Å². The summed E-state index contributed by atoms with van der Waals surface area (Å²) in [5.74, 6) is 2.63. The molecule has 4 aromatic heterocycles. The summed E-state index contributed by atoms with van der Waals surface area (Å²) in [6.45, 7) is 2.47. The number of benzene rings is 1. The number of imidazole rings is 2. The van der Waals surface area contributed by atoms with Crippen molar-refractivity contribution in [2.45, 2.75) is 25.9 Å². The van der Waals surface area contributed by atoms with Crippen LogP contribution < -0.4 is 10.6 Å². The Morgan fingerprint density at radius 1 is 1.00 bits per heavy atom. The lowest BCUT2D eigenvalue weighted by atomic mass is 10.3. The first kappa shape index (κ1) is 21.0. The first-order chi connectivity index (χ1) is 17.2. The van der Waals surface area contributed by atoms with Crippen LogP contribution in [-0.2, 0) is 17.9 Å². The minimum atomic E-state index is 0.203. The summed E-state index contributed by atoms with van der Waals surface area (Å²) in [5.41, 5.74) is 3.23. The zero-order valence-electron chi connectivity index (χ0n) is 19.0. The summed E-state index contributed by atoms with van der Waals surface area (Å²) >= 11 is 0. The van der Waals surface area contributed by atoms with Gasteiger partial charge in [-0.15, -0.1) is 0 Å². The van der Waals surface area contributed by atoms with Crippen molar-refractivity contribution in [2.24, 2.45) is 0 Å². The van der Waals surface area contributed by atoms with Crippen molar-refractivity contribution in [2.75, 3.05) is 23.7 Å². The predicted molar refractivity (Wildman–Crippen MR) is 132 cm³/mol. The molecule has 0 radical (unpaired) electrons. The van der Waals surface area contributed by atoms with Crippen molar-refractivity contribution < 1.29 is 4.79 Å². The maximum absolute atomic E-state index is 12.0. The normalized spacial score (nSPS) is 13.7. The van der Waals surface area contributed by atoms with Gasteiger partial charge in [0, 0.05) is 32.3 Å². The number of amides is 1. The van der Waals surface area contributed by atoms with Gasteiger partial charge in [0.05, 0.1) is 23.9 Å². The van der Waals surface area contributed by atoms with E-state index in [1.807, 2.05) is 51.9 Å². The maximum Gasteiger partial charge on any atom is 0.232 e. The minimum absolute atomic E-state index is 0.203. The molecule has 5 aromatic rings. The number of aromatic nitrogens is 7. The number of likely N-dealkylation sites (tertiary alicyclic amines) is 1. The van der Waals surface area contributed by atoms with Crippen LogP contribution in [0.5, 0.6) is 0 Å². The fourth-order valence-corrected chi connectivity index (χ4v) is 4.26. The summed E-state index contributed by atoms with van der Waals surface area (Å²) in [6.07, 6.45) is 5.00. The SMILES string of the molecule is O=C1CCCN1CCn1cnc2c(NCc3nc4ccccc4[nH]3)nc(Nc3ccccn3)nc21. The van der Waals surface area contributed by atoms with E-state index in [9.17, 15) is 4.79 Å². The van der Waals surface area contributed by atoms with Crippen LogP contribution in [0.2, 0.25) is 0 Å². The van der Waals surface area contributed by atoms with Gasteiger partial charge in [-0.2, -0.15) is 9.97 Å². The van der Waals surface area contributed by atoms with Crippen LogP contribution in [0.4, 0.5) is 17.6 Å². The van der Waals surface area contributed by atoms with Crippen LogP contribution in [0.25, 0.3) is 22.2 Å². The second kappa shape index (κ2) is 9.01. The second-order valence-electron chi connectivity index (χ2n) is 8.38. The maximum atomic E-state index is 12.0. The van der Waals surface area contributed by atoms with E-state index < -0.39 is 0 Å². The third-order valence-corrected chi connectivity index (χ3v) is 6.01. The van der Waals surface area contributed by atoms with E-state index in [0.717, 1.165) is 29.8 Å². The Kier molecular flexibility index (Phi) is 5.41. The summed E-state index contributed by atoms with van der Waals surface area (Å²) in [5, 5.41) is 6.54. The third kappa shape index (κ3) is 4.35. The summed E-state index contributed by atoms with van der Waals surface area (Å²) < 4.78 is 1.96. The first-order valence-electron chi connectivity index (χ1n) is 11.6. The van der Waals surface area contributed by atoms with Crippen molar-refractivity contribution in [1.29, 1.82) is 0 Å². The number of carbonyl (C=O) groups is 1. The Morgan fingerprint density at radius 2 is 1.91 bits per heavy atom. The topological polar surface area (TPSA) is 130 Å². The van der Waals surface area contributed by atoms with Gasteiger partial charge < -0.3 is 25.1 Å². The molecule has 0 bridgehead atoms. The predicted octanol–water partition coefficient (Wildman–Crippen LogP) is 3.08. The monoisotopic (exact) mass is 468 g/mol. The van der Waals surface area contributed by atoms with Crippen molar-refractivity contribution in [1.82, 2.24) is 39.4 Å². The smallest absolute Gasteiger partial charge is 0.232 e. The Balaban J connectivity index is 1.30. The van der Waals surface area contributed by atoms with Gasteiger partial charge in [-0.3, -0.25) is 4.79 Å². The molecule has 1 amide bonds. The molecular formula is C24H24N10O. The van der Waals surface area contributed by atoms with Gasteiger partial charge in [-0.25, -0.2) is 15.0 Å². The van der Waals surface area contributed by atoms with Crippen LogP contribution >= 0.6 is 0 Å². The minimum Gasteiger partial charge on any atom is -0.361 e. The number of hydrogen-bond donors (Lipinski definition) is 3. The number of nitrogens with one attached hydrogen (secondary N) is 3. The van der Waals surface area contributed by atoms with Crippen LogP contribution in [0.15, 0.2) is 55.0 Å². The molecule has 11 nitrogen and oxygen atoms in total. The van der Waals surface area contributed by atoms with Gasteiger partial charge >= 0.3 is 0 Å². The lowest BCUT2D eigenvalue weighted by molar-refractivity contribution is -0.127. The van der Waals surface area contributed by atoms with Gasteiger partial charge in [0.2, 0.25) is 11.9 Å². The van der Waals surface area contributed by atoms with Gasteiger partial charge in [0.1, 0.15) is 11.6 Å². The molecule has 11 heteroatoms. The molecule has 0 saturated carbocycles. The molecule has 0 unspecified atom stereocenters. The first-order valence-corrected chi connectivity index (χ1v) is 11.6. The molecule has 1 aliphatic rings. The number of anilines is 3. The number of para-hydroxylation sites is 2. The van der Waals surface area contributed by atoms with Crippen LogP contribution in [0, 0.1) is 0 Å². The van der Waals surface area contributed by atoms with Crippen molar-refractivity contribution in [3.8, 4) is 0 Å². The highest BCUT2D eigenvalue weighted by Gasteiger charge is 2.21. The molecule has 3 N–H and O–H groups in total. The highest BCUT2D eigenvalue weighted by atomic mass is 16.2. The number of nitrogens with zero attached hydrogens (tertiary/aromatic N) is 7. The van der Waals surface area contributed by atoms with E-state index in [0.29, 0.717) is 54.8 Å². The quantitative estimate of drug-likeness (QED) is 0.317. The molecule has 6 rings (SSSR count). The lowest BCUT2D eigenvalue weighted by Gasteiger charge is -2.16. The molecule has 1 fully saturated rings. The van der Waals surface area contributed by atoms with E-state index in [2.05, 4.69) is 35.6 Å².